The van der Waals surface area contributed by atoms with Crippen LogP contribution >= 0.6 is 0 Å². The van der Waals surface area contributed by atoms with Gasteiger partial charge in [-0.05, 0) is 0 Å². The highest BCUT2D eigenvalue weighted by Crippen LogP contribution is 2.32. The molecule has 0 aromatic rings. The third kappa shape index (κ3) is 8.04. The van der Waals surface area contributed by atoms with Crippen LogP contribution in [-0.2, 0) is 43.1 Å². The largest absolute Gasteiger partial charge is 0.397 e. The summed E-state index contributed by atoms with van der Waals surface area (Å²) in [7, 11) is -4.99. The summed E-state index contributed by atoms with van der Waals surface area (Å²) < 4.78 is 61.6. The van der Waals surface area contributed by atoms with Crippen LogP contribution in [0.1, 0.15) is 6.92 Å². The topological polar surface area (TPSA) is 321 Å². The minimum atomic E-state index is -4.99. The van der Waals surface area contributed by atoms with Crippen molar-refractivity contribution in [3.05, 3.63) is 0 Å². The molecule has 0 bridgehead atoms. The molecule has 15 atom stereocenters. The maximum Gasteiger partial charge on any atom is 0.397 e. The number of nitrogens with one attached hydrogen (secondary N) is 1. The Morgan fingerprint density at radius 3 is 1.88 bits per heavy atom. The molecule has 20 nitrogen and oxygen atoms in total. The van der Waals surface area contributed by atoms with E-state index in [4.69, 9.17) is 28.2 Å². The molecule has 3 fully saturated rings. The zero-order valence-electron chi connectivity index (χ0n) is 21.3. The zero-order valence-corrected chi connectivity index (χ0v) is 22.2. The van der Waals surface area contributed by atoms with Crippen molar-refractivity contribution < 1.29 is 91.6 Å². The lowest BCUT2D eigenvalue weighted by molar-refractivity contribution is -0.365. The smallest absolute Gasteiger partial charge is 0.394 e. The SMILES string of the molecule is CC(=O)N[C@H]1[C@H](O[C@@H]2[C@@H](O)[C@H](O)O[C@H](COS(=O)(=O)O)[C@@H]2O)O[C@H](CO)[C@@H](O[C@@H]2O[C@H](CO)[C@H](O)[C@H](O)[C@H]2O)[C@@H]1O. The van der Waals surface area contributed by atoms with Crippen molar-refractivity contribution in [2.24, 2.45) is 0 Å². The molecule has 41 heavy (non-hydrogen) atoms. The van der Waals surface area contributed by atoms with E-state index in [-0.39, 0.29) is 0 Å². The number of carbonyl (C=O) groups is 1. The number of carbonyl (C=O) groups excluding carboxylic acids is 1. The summed E-state index contributed by atoms with van der Waals surface area (Å²) in [6.07, 6.45) is -25.1. The van der Waals surface area contributed by atoms with Crippen LogP contribution in [0.25, 0.3) is 0 Å². The Balaban J connectivity index is 1.82. The van der Waals surface area contributed by atoms with Gasteiger partial charge in [0.05, 0.1) is 19.8 Å². The summed E-state index contributed by atoms with van der Waals surface area (Å²) in [5.41, 5.74) is 0. The van der Waals surface area contributed by atoms with Crippen molar-refractivity contribution in [1.82, 2.24) is 5.32 Å². The highest BCUT2D eigenvalue weighted by Gasteiger charge is 2.54. The van der Waals surface area contributed by atoms with Crippen LogP contribution in [-0.4, -0.2) is 177 Å². The molecule has 3 aliphatic rings. The Hall–Kier alpha value is -1.22. The second-order valence-electron chi connectivity index (χ2n) is 9.60. The average molecular weight is 626 g/mol. The van der Waals surface area contributed by atoms with E-state index in [1.54, 1.807) is 0 Å². The van der Waals surface area contributed by atoms with Gasteiger partial charge in [0, 0.05) is 6.92 Å². The van der Waals surface area contributed by atoms with E-state index in [0.29, 0.717) is 0 Å². The van der Waals surface area contributed by atoms with Crippen LogP contribution in [0.5, 0.6) is 0 Å². The molecule has 0 spiro atoms. The van der Waals surface area contributed by atoms with Gasteiger partial charge in [-0.3, -0.25) is 9.35 Å². The maximum absolute atomic E-state index is 11.9. The van der Waals surface area contributed by atoms with E-state index < -0.39 is 128 Å². The molecule has 0 aromatic carbocycles. The Morgan fingerprint density at radius 1 is 0.732 bits per heavy atom. The Kier molecular flexibility index (Phi) is 11.7. The van der Waals surface area contributed by atoms with Gasteiger partial charge >= 0.3 is 10.4 Å². The maximum atomic E-state index is 11.9. The third-order valence-corrected chi connectivity index (χ3v) is 7.13. The number of ether oxygens (including phenoxy) is 5. The van der Waals surface area contributed by atoms with Gasteiger partial charge < -0.3 is 75.0 Å². The second kappa shape index (κ2) is 14.0. The van der Waals surface area contributed by atoms with Gasteiger partial charge in [0.25, 0.3) is 0 Å². The standard InChI is InChI=1S/C20H35NO19S/c1-5(24)21-9-12(27)16(39-20-14(29)13(28)10(25)6(2-22)37-20)7(3-23)38-19(9)40-17-11(26)8(4-35-41(32,33)34)36-18(31)15(17)30/h6-20,22-23,25-31H,2-4H2,1H3,(H,21,24)(H,32,33,34)/t6-,7-,8-,9-,10+,11+,12-,13+,14-,15-,16-,17+,18-,19+,20+/m1/s1. The molecule has 3 saturated heterocycles. The first kappa shape index (κ1) is 34.3. The minimum absolute atomic E-state index is 0.757. The van der Waals surface area contributed by atoms with Gasteiger partial charge in [0.15, 0.2) is 18.9 Å². The lowest BCUT2D eigenvalue weighted by Gasteiger charge is -2.49. The molecule has 0 radical (unpaired) electrons. The van der Waals surface area contributed by atoms with Crippen molar-refractivity contribution in [2.45, 2.75) is 99.0 Å². The van der Waals surface area contributed by atoms with Gasteiger partial charge in [-0.15, -0.1) is 0 Å². The van der Waals surface area contributed by atoms with E-state index in [9.17, 15) is 59.2 Å². The first-order valence-electron chi connectivity index (χ1n) is 12.2. The zero-order chi connectivity index (χ0) is 30.8. The molecule has 21 heteroatoms. The van der Waals surface area contributed by atoms with Gasteiger partial charge in [-0.25, -0.2) is 4.18 Å². The van der Waals surface area contributed by atoms with E-state index in [1.807, 2.05) is 0 Å². The molecule has 0 unspecified atom stereocenters. The van der Waals surface area contributed by atoms with Gasteiger partial charge in [-0.2, -0.15) is 8.42 Å². The van der Waals surface area contributed by atoms with E-state index >= 15 is 0 Å². The first-order chi connectivity index (χ1) is 19.1. The van der Waals surface area contributed by atoms with Gasteiger partial charge in [0.1, 0.15) is 73.2 Å². The van der Waals surface area contributed by atoms with Crippen molar-refractivity contribution in [3.63, 3.8) is 0 Å². The quantitative estimate of drug-likeness (QED) is 0.100. The summed E-state index contributed by atoms with van der Waals surface area (Å²) in [4.78, 5) is 11.9. The molecule has 3 rings (SSSR count). The lowest BCUT2D eigenvalue weighted by atomic mass is 9.94. The van der Waals surface area contributed by atoms with Crippen LogP contribution in [0.2, 0.25) is 0 Å². The molecular weight excluding hydrogens is 590 g/mol. The van der Waals surface area contributed by atoms with Crippen molar-refractivity contribution in [3.8, 4) is 0 Å². The van der Waals surface area contributed by atoms with E-state index in [2.05, 4.69) is 9.50 Å². The highest BCUT2D eigenvalue weighted by atomic mass is 32.3. The number of hydrogen-bond acceptors (Lipinski definition) is 18. The average Bonchev–Trinajstić information content (AvgIpc) is 2.90. The Labute approximate surface area is 232 Å². The van der Waals surface area contributed by atoms with E-state index in [1.165, 1.54) is 0 Å². The van der Waals surface area contributed by atoms with E-state index in [0.717, 1.165) is 6.92 Å². The molecule has 240 valence electrons. The van der Waals surface area contributed by atoms with Crippen molar-refractivity contribution in [1.29, 1.82) is 0 Å². The Morgan fingerprint density at radius 2 is 1.32 bits per heavy atom. The van der Waals surface area contributed by atoms with Crippen LogP contribution in [0.15, 0.2) is 0 Å². The third-order valence-electron chi connectivity index (χ3n) is 6.70. The molecule has 11 N–H and O–H groups in total. The Bertz CT molecular complexity index is 970. The van der Waals surface area contributed by atoms with Gasteiger partial charge in [-0.1, -0.05) is 0 Å². The summed E-state index contributed by atoms with van der Waals surface area (Å²) in [5, 5.41) is 94.1. The summed E-state index contributed by atoms with van der Waals surface area (Å²) in [6, 6.07) is -1.60. The van der Waals surface area contributed by atoms with Crippen molar-refractivity contribution in [2.75, 3.05) is 19.8 Å². The monoisotopic (exact) mass is 625 g/mol. The number of aliphatic hydroxyl groups excluding tert-OH is 9. The predicted molar refractivity (Wildman–Crippen MR) is 123 cm³/mol. The number of hydrogen-bond donors (Lipinski definition) is 11. The number of amides is 1. The van der Waals surface area contributed by atoms with Crippen molar-refractivity contribution >= 4 is 16.3 Å². The normalized spacial score (nSPS) is 45.8. The fourth-order valence-electron chi connectivity index (χ4n) is 4.60. The second-order valence-corrected chi connectivity index (χ2v) is 10.7. The summed E-state index contributed by atoms with van der Waals surface area (Å²) in [6.45, 7) is -1.68. The number of aliphatic hydroxyl groups is 9. The summed E-state index contributed by atoms with van der Waals surface area (Å²) >= 11 is 0. The van der Waals surface area contributed by atoms with Crippen LogP contribution in [0.4, 0.5) is 0 Å². The molecule has 3 aliphatic heterocycles. The van der Waals surface area contributed by atoms with Crippen LogP contribution in [0, 0.1) is 0 Å². The highest BCUT2D eigenvalue weighted by molar-refractivity contribution is 7.80. The first-order valence-corrected chi connectivity index (χ1v) is 13.6. The van der Waals surface area contributed by atoms with Crippen LogP contribution in [0.3, 0.4) is 0 Å². The fraction of sp³-hybridized carbons (Fsp3) is 0.950. The molecule has 0 aromatic heterocycles. The van der Waals surface area contributed by atoms with Crippen LogP contribution < -0.4 is 5.32 Å². The molecular formula is C20H35NO19S. The number of rotatable bonds is 10. The minimum Gasteiger partial charge on any atom is -0.394 e. The summed E-state index contributed by atoms with van der Waals surface area (Å²) in [5.74, 6) is -0.757. The molecule has 0 saturated carbocycles. The predicted octanol–water partition coefficient (Wildman–Crippen LogP) is -7.60. The fourth-order valence-corrected chi connectivity index (χ4v) is 4.90. The van der Waals surface area contributed by atoms with Gasteiger partial charge in [0.2, 0.25) is 5.91 Å². The molecule has 0 aliphatic carbocycles. The lowest BCUT2D eigenvalue weighted by Crippen LogP contribution is -2.69. The molecule has 1 amide bonds. The molecule has 3 heterocycles.